The van der Waals surface area contributed by atoms with E-state index in [1.165, 1.54) is 13.1 Å². The van der Waals surface area contributed by atoms with Crippen LogP contribution in [0.3, 0.4) is 0 Å². The molecule has 2 fully saturated rings. The number of quaternary nitrogens is 1. The van der Waals surface area contributed by atoms with Crippen LogP contribution in [0.5, 0.6) is 5.75 Å². The lowest BCUT2D eigenvalue weighted by Crippen LogP contribution is -2.61. The molecule has 2 saturated heterocycles. The minimum Gasteiger partial charge on any atom is -0.425 e. The molecule has 0 saturated carbocycles. The first-order valence-electron chi connectivity index (χ1n) is 24.3. The van der Waals surface area contributed by atoms with Crippen LogP contribution >= 0.6 is 0 Å². The van der Waals surface area contributed by atoms with Crippen molar-refractivity contribution in [3.05, 3.63) is 113 Å². The summed E-state index contributed by atoms with van der Waals surface area (Å²) in [6.45, 7) is 14.2. The summed E-state index contributed by atoms with van der Waals surface area (Å²) in [5.41, 5.74) is 12.2. The first-order chi connectivity index (χ1) is 33.6. The van der Waals surface area contributed by atoms with Gasteiger partial charge in [-0.15, -0.1) is 0 Å². The summed E-state index contributed by atoms with van der Waals surface area (Å²) in [5, 5.41) is 14.1. The highest BCUT2D eigenvalue weighted by molar-refractivity contribution is 5.99. The number of morpholine rings is 1. The number of benzene rings is 3. The molecule has 2 heterocycles. The average molecular weight is 982 g/mol. The summed E-state index contributed by atoms with van der Waals surface area (Å²) in [6, 6.07) is 19.4. The number of amides is 5. The summed E-state index contributed by atoms with van der Waals surface area (Å²) >= 11 is 0. The van der Waals surface area contributed by atoms with Crippen molar-refractivity contribution in [2.24, 2.45) is 22.8 Å². The third kappa shape index (κ3) is 16.7. The van der Waals surface area contributed by atoms with Crippen LogP contribution < -0.4 is 42.8 Å². The Morgan fingerprint density at radius 3 is 1.99 bits per heavy atom. The number of rotatable bonds is 24. The van der Waals surface area contributed by atoms with Crippen LogP contribution in [0.15, 0.2) is 90.8 Å². The highest BCUT2D eigenvalue weighted by Crippen LogP contribution is 2.30. The molecule has 0 spiro atoms. The molecule has 9 N–H and O–H groups in total. The molecule has 71 heavy (non-hydrogen) atoms. The first kappa shape index (κ1) is 55.3. The van der Waals surface area contributed by atoms with E-state index in [1.807, 2.05) is 74.5 Å². The number of aryl methyl sites for hydroxylation is 1. The van der Waals surface area contributed by atoms with Crippen molar-refractivity contribution in [2.75, 3.05) is 46.0 Å². The van der Waals surface area contributed by atoms with E-state index in [-0.39, 0.29) is 72.3 Å². The van der Waals surface area contributed by atoms with Gasteiger partial charge in [0.15, 0.2) is 12.3 Å². The van der Waals surface area contributed by atoms with Crippen molar-refractivity contribution in [3.63, 3.8) is 0 Å². The number of epoxide rings is 1. The molecule has 2 aliphatic rings. The van der Waals surface area contributed by atoms with E-state index < -0.39 is 70.7 Å². The number of ether oxygens (including phenoxy) is 3. The Labute approximate surface area is 416 Å². The Kier molecular flexibility index (Phi) is 19.4. The highest BCUT2D eigenvalue weighted by Gasteiger charge is 2.50. The third-order valence-electron chi connectivity index (χ3n) is 12.5. The van der Waals surface area contributed by atoms with Crippen molar-refractivity contribution in [3.8, 4) is 5.75 Å². The smallest absolute Gasteiger partial charge is 0.316 e. The third-order valence-corrected chi connectivity index (χ3v) is 12.5. The second-order valence-corrected chi connectivity index (χ2v) is 20.3. The summed E-state index contributed by atoms with van der Waals surface area (Å²) in [5.74, 6) is -3.42. The molecular weight excluding hydrogens is 909 g/mol. The van der Waals surface area contributed by atoms with Gasteiger partial charge in [-0.05, 0) is 89.1 Å². The Bertz CT molecular complexity index is 2380. The van der Waals surface area contributed by atoms with Gasteiger partial charge < -0.3 is 56.7 Å². The van der Waals surface area contributed by atoms with Crippen LogP contribution in [0.4, 0.5) is 0 Å². The lowest BCUT2D eigenvalue weighted by Gasteiger charge is -2.41. The number of carbonyl (C=O) groups excluding carboxylic acids is 7. The summed E-state index contributed by atoms with van der Waals surface area (Å²) in [6.07, 6.45) is 2.29. The number of ketones is 1. The number of nitrogens with zero attached hydrogens (tertiary/aromatic N) is 1. The maximum Gasteiger partial charge on any atom is 0.316 e. The molecule has 5 amide bonds. The molecule has 0 unspecified atom stereocenters. The van der Waals surface area contributed by atoms with Gasteiger partial charge in [-0.3, -0.25) is 33.6 Å². The monoisotopic (exact) mass is 982 g/mol. The van der Waals surface area contributed by atoms with Crippen molar-refractivity contribution in [1.29, 1.82) is 0 Å². The fourth-order valence-electron chi connectivity index (χ4n) is 8.12. The zero-order valence-corrected chi connectivity index (χ0v) is 42.1. The van der Waals surface area contributed by atoms with Gasteiger partial charge in [0, 0.05) is 23.9 Å². The average Bonchev–Trinajstić information content (AvgIpc) is 4.09. The summed E-state index contributed by atoms with van der Waals surface area (Å²) in [7, 11) is 0. The zero-order chi connectivity index (χ0) is 51.9. The Morgan fingerprint density at radius 1 is 0.789 bits per heavy atom. The molecule has 5 atom stereocenters. The molecule has 18 nitrogen and oxygen atoms in total. The lowest BCUT2D eigenvalue weighted by molar-refractivity contribution is -0.940. The SMILES string of the molecule is CC(C)C[C@H](NC(=O)[C@H](Cc1ccccc1)NC(=O)[C@H](C)NC(=O)[C@H](CCc1ccccc1)NC(=O)C[N+]1(Cc2ccc(OC(=O)C(C)(C)C)c(C(=O)NC/C(N)=C/N)c2)CCOCC1)C(=O)[C@@]1(C)CO1. The fraction of sp³-hybridized carbons (Fsp3) is 0.491. The number of nitrogens with two attached hydrogens (primary N) is 2. The number of esters is 1. The van der Waals surface area contributed by atoms with Crippen LogP contribution in [-0.4, -0.2) is 122 Å². The lowest BCUT2D eigenvalue weighted by atomic mass is 9.93. The molecule has 3 aromatic rings. The molecule has 18 heteroatoms. The zero-order valence-electron chi connectivity index (χ0n) is 42.1. The maximum absolute atomic E-state index is 14.3. The number of hydrogen-bond acceptors (Lipinski definition) is 12. The molecular formula is C53H73N8O10+. The van der Waals surface area contributed by atoms with Gasteiger partial charge in [0.05, 0.1) is 43.4 Å². The number of Topliss-reactive ketones (excluding diaryl/α,β-unsaturated/α-hetero) is 1. The molecule has 2 aliphatic heterocycles. The Balaban J connectivity index is 1.34. The van der Waals surface area contributed by atoms with Crippen LogP contribution in [0, 0.1) is 11.3 Å². The number of carbonyl (C=O) groups is 7. The minimum atomic E-state index is -1.14. The predicted octanol–water partition coefficient (Wildman–Crippen LogP) is 2.71. The van der Waals surface area contributed by atoms with Gasteiger partial charge in [0.1, 0.15) is 49.1 Å². The quantitative estimate of drug-likeness (QED) is 0.0296. The van der Waals surface area contributed by atoms with Gasteiger partial charge in [0.2, 0.25) is 17.7 Å². The molecule has 384 valence electrons. The van der Waals surface area contributed by atoms with Crippen molar-refractivity contribution in [2.45, 2.75) is 110 Å². The van der Waals surface area contributed by atoms with Gasteiger partial charge in [0.25, 0.3) is 11.8 Å². The second-order valence-electron chi connectivity index (χ2n) is 20.3. The van der Waals surface area contributed by atoms with E-state index in [2.05, 4.69) is 26.6 Å². The van der Waals surface area contributed by atoms with Crippen molar-refractivity contribution >= 4 is 41.3 Å². The van der Waals surface area contributed by atoms with E-state index in [1.54, 1.807) is 45.9 Å². The molecule has 0 aromatic heterocycles. The second kappa shape index (κ2) is 25.0. The van der Waals surface area contributed by atoms with Gasteiger partial charge >= 0.3 is 5.97 Å². The molecule has 3 aromatic carbocycles. The van der Waals surface area contributed by atoms with E-state index in [0.717, 1.165) is 11.1 Å². The topological polar surface area (TPSA) is 263 Å². The summed E-state index contributed by atoms with van der Waals surface area (Å²) < 4.78 is 17.1. The molecule has 5 rings (SSSR count). The first-order valence-corrected chi connectivity index (χ1v) is 24.3. The van der Waals surface area contributed by atoms with E-state index in [0.29, 0.717) is 44.7 Å². The van der Waals surface area contributed by atoms with Crippen LogP contribution in [0.25, 0.3) is 0 Å². The van der Waals surface area contributed by atoms with E-state index in [4.69, 9.17) is 25.7 Å². The highest BCUT2D eigenvalue weighted by atomic mass is 16.6. The minimum absolute atomic E-state index is 0.0453. The van der Waals surface area contributed by atoms with Crippen LogP contribution in [-0.2, 0) is 57.6 Å². The van der Waals surface area contributed by atoms with E-state index >= 15 is 0 Å². The van der Waals surface area contributed by atoms with Gasteiger partial charge in [-0.25, -0.2) is 0 Å². The number of hydrogen-bond donors (Lipinski definition) is 7. The molecule has 0 aliphatic carbocycles. The predicted molar refractivity (Wildman–Crippen MR) is 267 cm³/mol. The molecule has 0 radical (unpaired) electrons. The maximum atomic E-state index is 14.3. The Morgan fingerprint density at radius 2 is 1.39 bits per heavy atom. The fourth-order valence-corrected chi connectivity index (χ4v) is 8.12. The summed E-state index contributed by atoms with van der Waals surface area (Å²) in [4.78, 5) is 96.4. The van der Waals surface area contributed by atoms with Gasteiger partial charge in [-0.2, -0.15) is 0 Å². The van der Waals surface area contributed by atoms with Crippen LogP contribution in [0.2, 0.25) is 0 Å². The van der Waals surface area contributed by atoms with Crippen molar-refractivity contribution in [1.82, 2.24) is 26.6 Å². The molecule has 0 bridgehead atoms. The van der Waals surface area contributed by atoms with E-state index in [9.17, 15) is 33.6 Å². The standard InChI is InChI=1S/C53H72N8O10/c1-34(2)26-42(46(63)53(7)33-70-53)59-50(67)43(28-37-16-12-9-13-17-37)60-47(64)35(3)57-49(66)41(20-18-36-14-10-8-11-15-36)58-45(62)32-61(22-24-69-25-23-61)31-38-19-21-44(71-51(68)52(4,5)6)40(27-38)48(65)56-30-39(55)29-54/h8-17,19,21,27,29,34-35,41-43H,18,20,22-26,28,30-33,54-55H2,1-7H3,(H4-,56,57,58,59,60,62,64,65,66,67)/p+1/b39-29-/t35-,41-,42-,43-,53+/m0/s1. The normalized spacial score (nSPS) is 18.2. The largest absolute Gasteiger partial charge is 0.425 e. The Hall–Kier alpha value is -6.63. The number of nitrogens with one attached hydrogen (secondary N) is 5. The van der Waals surface area contributed by atoms with Crippen molar-refractivity contribution < 1.29 is 52.3 Å². The van der Waals surface area contributed by atoms with Crippen LogP contribution in [0.1, 0.15) is 88.4 Å². The van der Waals surface area contributed by atoms with Gasteiger partial charge in [-0.1, -0.05) is 74.5 Å².